The second kappa shape index (κ2) is 4.63. The van der Waals surface area contributed by atoms with Gasteiger partial charge in [0, 0.05) is 35.6 Å². The third kappa shape index (κ3) is 1.48. The summed E-state index contributed by atoms with van der Waals surface area (Å²) in [6.45, 7) is 2.19. The van der Waals surface area contributed by atoms with Crippen LogP contribution in [0, 0.1) is 5.41 Å². The predicted octanol–water partition coefficient (Wildman–Crippen LogP) is -0.220. The molecule has 1 spiro atoms. The van der Waals surface area contributed by atoms with Gasteiger partial charge in [0.1, 0.15) is 6.04 Å². The summed E-state index contributed by atoms with van der Waals surface area (Å²) in [7, 11) is 0. The summed E-state index contributed by atoms with van der Waals surface area (Å²) in [5, 5.41) is 3.47. The number of Topliss-reactive ketones (excluding diaryl/α,β-unsaturated/α-hetero) is 1. The van der Waals surface area contributed by atoms with E-state index in [-0.39, 0.29) is 29.0 Å². The quantitative estimate of drug-likeness (QED) is 0.569. The van der Waals surface area contributed by atoms with Crippen molar-refractivity contribution in [2.45, 2.75) is 43.3 Å². The number of aromatic nitrogens is 1. The molecule has 0 radical (unpaired) electrons. The summed E-state index contributed by atoms with van der Waals surface area (Å²) in [4.78, 5) is 43.9. The average molecular weight is 396 g/mol. The summed E-state index contributed by atoms with van der Waals surface area (Å²) >= 11 is 1.61. The first-order valence-electron chi connectivity index (χ1n) is 9.72. The largest absolute Gasteiger partial charge is 0.454 e. The van der Waals surface area contributed by atoms with Crippen LogP contribution < -0.4 is 10.2 Å². The van der Waals surface area contributed by atoms with Crippen LogP contribution in [0.3, 0.4) is 0 Å². The van der Waals surface area contributed by atoms with E-state index in [9.17, 15) is 14.4 Å². The second-order valence-electron chi connectivity index (χ2n) is 8.57. The van der Waals surface area contributed by atoms with Gasteiger partial charge in [-0.3, -0.25) is 14.4 Å². The van der Waals surface area contributed by atoms with Crippen LogP contribution in [0.15, 0.2) is 28.4 Å². The molecule has 2 fully saturated rings. The zero-order valence-electron chi connectivity index (χ0n) is 15.1. The molecular formula is C20H18N3O4S+. The van der Waals surface area contributed by atoms with E-state index in [1.165, 1.54) is 12.5 Å². The highest BCUT2D eigenvalue weighted by Crippen LogP contribution is 2.66. The van der Waals surface area contributed by atoms with Gasteiger partial charge in [-0.15, -0.1) is 11.8 Å². The van der Waals surface area contributed by atoms with Crippen LogP contribution in [-0.2, 0) is 20.7 Å². The molecule has 8 heteroatoms. The molecule has 142 valence electrons. The summed E-state index contributed by atoms with van der Waals surface area (Å²) in [5.41, 5.74) is 4.04. The smallest absolute Gasteiger partial charge is 0.303 e. The summed E-state index contributed by atoms with van der Waals surface area (Å²) in [6, 6.07) is -0.446. The molecule has 2 aliphatic carbocycles. The molecule has 4 aliphatic heterocycles. The second-order valence-corrected chi connectivity index (χ2v) is 9.82. The number of thioether (sulfide) groups is 1. The van der Waals surface area contributed by atoms with Crippen LogP contribution in [0.2, 0.25) is 0 Å². The molecule has 6 atom stereocenters. The molecular weight excluding hydrogens is 378 g/mol. The fraction of sp³-hybridized carbons (Fsp3) is 0.450. The van der Waals surface area contributed by atoms with Crippen LogP contribution in [0.5, 0.6) is 0 Å². The van der Waals surface area contributed by atoms with Gasteiger partial charge in [0.15, 0.2) is 12.1 Å². The van der Waals surface area contributed by atoms with Gasteiger partial charge in [-0.25, -0.2) is 0 Å². The Bertz CT molecular complexity index is 1100. The molecule has 6 aliphatic rings. The molecule has 0 saturated carbocycles. The molecule has 2 unspecified atom stereocenters. The third-order valence-corrected chi connectivity index (χ3v) is 8.73. The maximum absolute atomic E-state index is 13.4. The van der Waals surface area contributed by atoms with E-state index in [2.05, 4.69) is 10.3 Å². The van der Waals surface area contributed by atoms with Crippen molar-refractivity contribution in [2.24, 2.45) is 5.41 Å². The Morgan fingerprint density at radius 1 is 1.39 bits per heavy atom. The molecule has 3 bridgehead atoms. The number of carbonyl (C=O) groups is 3. The van der Waals surface area contributed by atoms with Crippen molar-refractivity contribution in [3.8, 4) is 0 Å². The number of fused-ring (bicyclic) bond motifs is 3. The van der Waals surface area contributed by atoms with Crippen molar-refractivity contribution in [3.63, 3.8) is 0 Å². The van der Waals surface area contributed by atoms with Crippen molar-refractivity contribution in [1.29, 1.82) is 0 Å². The first-order chi connectivity index (χ1) is 13.5. The molecule has 3 N–H and O–H groups in total. The summed E-state index contributed by atoms with van der Waals surface area (Å²) in [5.74, 6) is -0.330. The van der Waals surface area contributed by atoms with Crippen molar-refractivity contribution in [2.75, 3.05) is 6.54 Å². The average Bonchev–Trinajstić information content (AvgIpc) is 3.19. The minimum absolute atomic E-state index is 0.00315. The Balaban J connectivity index is 1.60. The number of ketones is 2. The lowest BCUT2D eigenvalue weighted by molar-refractivity contribution is -0.953. The van der Waals surface area contributed by atoms with E-state index >= 15 is 0 Å². The third-order valence-electron chi connectivity index (χ3n) is 7.42. The van der Waals surface area contributed by atoms with E-state index in [1.807, 2.05) is 6.20 Å². The molecule has 5 heterocycles. The molecule has 1 aromatic rings. The number of piperidine rings is 1. The lowest BCUT2D eigenvalue weighted by atomic mass is 9.56. The maximum Gasteiger partial charge on any atom is 0.303 e. The van der Waals surface area contributed by atoms with E-state index in [0.29, 0.717) is 11.4 Å². The van der Waals surface area contributed by atoms with Crippen molar-refractivity contribution in [3.05, 3.63) is 45.3 Å². The van der Waals surface area contributed by atoms with E-state index in [4.69, 9.17) is 4.74 Å². The zero-order valence-corrected chi connectivity index (χ0v) is 15.9. The highest BCUT2D eigenvalue weighted by atomic mass is 32.2. The van der Waals surface area contributed by atoms with Crippen molar-refractivity contribution >= 4 is 29.3 Å². The Labute approximate surface area is 164 Å². The Morgan fingerprint density at radius 3 is 3.07 bits per heavy atom. The van der Waals surface area contributed by atoms with Crippen LogP contribution in [0.1, 0.15) is 41.0 Å². The minimum Gasteiger partial charge on any atom is -0.454 e. The molecule has 0 aromatic carbocycles. The number of hydrogen-bond donors (Lipinski definition) is 3. The molecule has 28 heavy (non-hydrogen) atoms. The van der Waals surface area contributed by atoms with Gasteiger partial charge in [-0.2, -0.15) is 0 Å². The SMILES string of the molecule is CC(=O)O[C@H]1[C@H]2C(=O)C=C3S[C@H]4C[C@]31C1=C(N4)C(=O)c3[nH]cc4c3C1[NH+]2CC4. The molecule has 7 rings (SSSR count). The van der Waals surface area contributed by atoms with Gasteiger partial charge in [0.2, 0.25) is 11.6 Å². The Hall–Kier alpha value is -2.32. The number of rotatable bonds is 1. The number of quaternary nitrogens is 1. The standard InChI is InChI=1S/C20H17N3O4S/c1-7(24)27-19-16-9(25)4-10-20(19)5-11(28-10)22-15-13(20)17-12-8(2-3-23(16)17)6-21-14(12)18(15)26/h4,6,11,16-17,19,21-22H,2-3,5H2,1H3/p+1/t11-,16+,17?,19-,20+/m0/s1. The fourth-order valence-corrected chi connectivity index (χ4v) is 8.15. The van der Waals surface area contributed by atoms with E-state index in [0.717, 1.165) is 40.3 Å². The number of H-pyrrole nitrogens is 1. The number of hydrogen-bond acceptors (Lipinski definition) is 6. The summed E-state index contributed by atoms with van der Waals surface area (Å²) in [6.07, 6.45) is 4.73. The number of ether oxygens (including phenoxy) is 1. The number of nitrogens with one attached hydrogen (secondary N) is 3. The number of aromatic amines is 1. The van der Waals surface area contributed by atoms with Crippen LogP contribution in [0.25, 0.3) is 0 Å². The Morgan fingerprint density at radius 2 is 2.25 bits per heavy atom. The molecule has 2 saturated heterocycles. The summed E-state index contributed by atoms with van der Waals surface area (Å²) < 4.78 is 5.89. The van der Waals surface area contributed by atoms with Crippen molar-refractivity contribution < 1.29 is 24.0 Å². The lowest BCUT2D eigenvalue weighted by Crippen LogP contribution is -3.21. The van der Waals surface area contributed by atoms with Gasteiger partial charge in [0.05, 0.1) is 28.7 Å². The molecule has 1 aromatic heterocycles. The highest BCUT2D eigenvalue weighted by molar-refractivity contribution is 8.04. The normalized spacial score (nSPS) is 40.9. The first-order valence-corrected chi connectivity index (χ1v) is 10.6. The van der Waals surface area contributed by atoms with E-state index < -0.39 is 17.6 Å². The van der Waals surface area contributed by atoms with Gasteiger partial charge >= 0.3 is 5.97 Å². The number of carbonyl (C=O) groups excluding carboxylic acids is 3. The van der Waals surface area contributed by atoms with Crippen LogP contribution in [0.4, 0.5) is 0 Å². The zero-order chi connectivity index (χ0) is 18.9. The maximum atomic E-state index is 13.4. The Kier molecular flexibility index (Phi) is 2.58. The first kappa shape index (κ1) is 15.6. The van der Waals surface area contributed by atoms with Crippen molar-refractivity contribution in [1.82, 2.24) is 10.3 Å². The van der Waals surface area contributed by atoms with Gasteiger partial charge in [-0.1, -0.05) is 0 Å². The van der Waals surface area contributed by atoms with E-state index in [1.54, 1.807) is 17.8 Å². The highest BCUT2D eigenvalue weighted by Gasteiger charge is 2.72. The van der Waals surface area contributed by atoms with Gasteiger partial charge in [-0.05, 0) is 18.1 Å². The fourth-order valence-electron chi connectivity index (χ4n) is 6.62. The van der Waals surface area contributed by atoms with Gasteiger partial charge < -0.3 is 19.9 Å². The van der Waals surface area contributed by atoms with Crippen LogP contribution in [-0.4, -0.2) is 46.6 Å². The minimum atomic E-state index is -0.548. The number of esters is 1. The monoisotopic (exact) mass is 396 g/mol. The van der Waals surface area contributed by atoms with Gasteiger partial charge in [0.25, 0.3) is 0 Å². The predicted molar refractivity (Wildman–Crippen MR) is 98.4 cm³/mol. The topological polar surface area (TPSA) is 92.7 Å². The lowest BCUT2D eigenvalue weighted by Gasteiger charge is -2.57. The molecule has 7 nitrogen and oxygen atoms in total. The molecule has 0 amide bonds. The number of allylic oxidation sites excluding steroid dienone is 1. The van der Waals surface area contributed by atoms with Crippen LogP contribution >= 0.6 is 11.8 Å².